The highest BCUT2D eigenvalue weighted by Crippen LogP contribution is 2.28. The Morgan fingerprint density at radius 2 is 2.06 bits per heavy atom. The van der Waals surface area contributed by atoms with E-state index in [0.717, 1.165) is 17.1 Å². The van der Waals surface area contributed by atoms with Crippen molar-refractivity contribution in [3.63, 3.8) is 0 Å². The molecule has 0 aromatic heterocycles. The van der Waals surface area contributed by atoms with Crippen molar-refractivity contribution in [1.82, 2.24) is 9.03 Å². The van der Waals surface area contributed by atoms with E-state index in [0.29, 0.717) is 6.54 Å². The number of hydrogen-bond donors (Lipinski definition) is 2. The number of carboxylic acids is 1. The van der Waals surface area contributed by atoms with Gasteiger partial charge in [-0.3, -0.25) is 4.79 Å². The second-order valence-electron chi connectivity index (χ2n) is 4.42. The molecule has 0 saturated heterocycles. The third-order valence-corrected chi connectivity index (χ3v) is 3.80. The molecule has 0 aromatic rings. The lowest BCUT2D eigenvalue weighted by Gasteiger charge is -2.20. The summed E-state index contributed by atoms with van der Waals surface area (Å²) in [6.07, 6.45) is 1.49. The number of nitrogens with zero attached hydrogens (tertiary/aromatic N) is 1. The van der Waals surface area contributed by atoms with Gasteiger partial charge in [0.2, 0.25) is 0 Å². The Kier molecular flexibility index (Phi) is 4.28. The SMILES string of the molecule is CC(C)CNS(=O)(=O)N(CC(=O)O)C1CC1. The summed E-state index contributed by atoms with van der Waals surface area (Å²) in [5, 5.41) is 8.67. The predicted molar refractivity (Wildman–Crippen MR) is 59.1 cm³/mol. The summed E-state index contributed by atoms with van der Waals surface area (Å²) < 4.78 is 27.1. The molecule has 1 rings (SSSR count). The molecule has 0 spiro atoms. The fraction of sp³-hybridized carbons (Fsp3) is 0.889. The van der Waals surface area contributed by atoms with Crippen LogP contribution in [0.5, 0.6) is 0 Å². The second-order valence-corrected chi connectivity index (χ2v) is 6.13. The molecule has 0 heterocycles. The normalized spacial score (nSPS) is 17.0. The van der Waals surface area contributed by atoms with E-state index in [1.54, 1.807) is 0 Å². The molecule has 1 saturated carbocycles. The molecular formula is C9H18N2O4S. The first-order valence-electron chi connectivity index (χ1n) is 5.31. The van der Waals surface area contributed by atoms with Crippen molar-refractivity contribution in [1.29, 1.82) is 0 Å². The minimum Gasteiger partial charge on any atom is -0.480 e. The molecular weight excluding hydrogens is 232 g/mol. The van der Waals surface area contributed by atoms with Crippen LogP contribution in [0.15, 0.2) is 0 Å². The molecule has 0 radical (unpaired) electrons. The van der Waals surface area contributed by atoms with Gasteiger partial charge in [-0.1, -0.05) is 13.8 Å². The maximum Gasteiger partial charge on any atom is 0.318 e. The summed E-state index contributed by atoms with van der Waals surface area (Å²) in [7, 11) is -3.65. The van der Waals surface area contributed by atoms with Crippen LogP contribution in [0.1, 0.15) is 26.7 Å². The first kappa shape index (κ1) is 13.4. The van der Waals surface area contributed by atoms with Crippen molar-refractivity contribution < 1.29 is 18.3 Å². The minimum absolute atomic E-state index is 0.138. The van der Waals surface area contributed by atoms with E-state index >= 15 is 0 Å². The number of hydrogen-bond acceptors (Lipinski definition) is 3. The van der Waals surface area contributed by atoms with Crippen molar-refractivity contribution in [2.45, 2.75) is 32.7 Å². The zero-order valence-electron chi connectivity index (χ0n) is 9.51. The third kappa shape index (κ3) is 4.07. The summed E-state index contributed by atoms with van der Waals surface area (Å²) in [6, 6.07) is -0.138. The van der Waals surface area contributed by atoms with Gasteiger partial charge in [-0.15, -0.1) is 0 Å². The zero-order valence-corrected chi connectivity index (χ0v) is 10.3. The number of aliphatic carboxylic acids is 1. The monoisotopic (exact) mass is 250 g/mol. The van der Waals surface area contributed by atoms with Crippen LogP contribution in [-0.4, -0.2) is 42.9 Å². The van der Waals surface area contributed by atoms with Gasteiger partial charge in [-0.2, -0.15) is 12.7 Å². The van der Waals surface area contributed by atoms with Gasteiger partial charge in [-0.05, 0) is 18.8 Å². The molecule has 7 heteroatoms. The van der Waals surface area contributed by atoms with E-state index in [1.165, 1.54) is 0 Å². The summed E-state index contributed by atoms with van der Waals surface area (Å²) in [4.78, 5) is 10.6. The first-order valence-corrected chi connectivity index (χ1v) is 6.75. The lowest BCUT2D eigenvalue weighted by Crippen LogP contribution is -2.45. The molecule has 2 N–H and O–H groups in total. The first-order chi connectivity index (χ1) is 7.33. The van der Waals surface area contributed by atoms with Gasteiger partial charge >= 0.3 is 5.97 Å². The summed E-state index contributed by atoms with van der Waals surface area (Å²) >= 11 is 0. The summed E-state index contributed by atoms with van der Waals surface area (Å²) in [6.45, 7) is 3.64. The van der Waals surface area contributed by atoms with E-state index < -0.39 is 22.7 Å². The van der Waals surface area contributed by atoms with E-state index in [1.807, 2.05) is 13.8 Å². The number of rotatable bonds is 7. The Hall–Kier alpha value is -0.660. The van der Waals surface area contributed by atoms with Crippen LogP contribution in [0.25, 0.3) is 0 Å². The fourth-order valence-corrected chi connectivity index (χ4v) is 2.85. The molecule has 1 fully saturated rings. The van der Waals surface area contributed by atoms with Gasteiger partial charge in [0.1, 0.15) is 6.54 Å². The van der Waals surface area contributed by atoms with Crippen molar-refractivity contribution in [3.8, 4) is 0 Å². The van der Waals surface area contributed by atoms with Crippen molar-refractivity contribution in [3.05, 3.63) is 0 Å². The second kappa shape index (κ2) is 5.11. The average molecular weight is 250 g/mol. The molecule has 16 heavy (non-hydrogen) atoms. The van der Waals surface area contributed by atoms with Crippen LogP contribution in [0.3, 0.4) is 0 Å². The Balaban J connectivity index is 2.64. The molecule has 0 atom stereocenters. The van der Waals surface area contributed by atoms with Gasteiger partial charge in [0.15, 0.2) is 0 Å². The quantitative estimate of drug-likeness (QED) is 0.667. The van der Waals surface area contributed by atoms with Crippen molar-refractivity contribution in [2.75, 3.05) is 13.1 Å². The van der Waals surface area contributed by atoms with Gasteiger partial charge in [0.05, 0.1) is 0 Å². The standard InChI is InChI=1S/C9H18N2O4S/c1-7(2)5-10-16(14,15)11(6-9(12)13)8-3-4-8/h7-8,10H,3-6H2,1-2H3,(H,12,13). The number of carbonyl (C=O) groups is 1. The Bertz CT molecular complexity index is 349. The van der Waals surface area contributed by atoms with Gasteiger partial charge < -0.3 is 5.11 Å². The highest BCUT2D eigenvalue weighted by atomic mass is 32.2. The van der Waals surface area contributed by atoms with Crippen molar-refractivity contribution in [2.24, 2.45) is 5.92 Å². The van der Waals surface area contributed by atoms with E-state index in [9.17, 15) is 13.2 Å². The molecule has 0 unspecified atom stereocenters. The molecule has 0 amide bonds. The zero-order chi connectivity index (χ0) is 12.3. The van der Waals surface area contributed by atoms with E-state index in [2.05, 4.69) is 4.72 Å². The highest BCUT2D eigenvalue weighted by molar-refractivity contribution is 7.87. The van der Waals surface area contributed by atoms with Gasteiger partial charge in [0.25, 0.3) is 10.2 Å². The largest absolute Gasteiger partial charge is 0.480 e. The van der Waals surface area contributed by atoms with Gasteiger partial charge in [0, 0.05) is 12.6 Å². The van der Waals surface area contributed by atoms with Crippen LogP contribution < -0.4 is 4.72 Å². The fourth-order valence-electron chi connectivity index (χ4n) is 1.26. The minimum atomic E-state index is -3.65. The molecule has 1 aliphatic carbocycles. The van der Waals surface area contributed by atoms with Crippen LogP contribution >= 0.6 is 0 Å². The third-order valence-electron chi connectivity index (χ3n) is 2.23. The van der Waals surface area contributed by atoms with E-state index in [-0.39, 0.29) is 12.0 Å². The van der Waals surface area contributed by atoms with Crippen LogP contribution in [0, 0.1) is 5.92 Å². The lowest BCUT2D eigenvalue weighted by atomic mass is 10.2. The summed E-state index contributed by atoms with van der Waals surface area (Å²) in [5.74, 6) is -0.928. The maximum atomic E-state index is 11.8. The smallest absolute Gasteiger partial charge is 0.318 e. The molecule has 0 aliphatic heterocycles. The number of nitrogens with one attached hydrogen (secondary N) is 1. The highest BCUT2D eigenvalue weighted by Gasteiger charge is 2.38. The lowest BCUT2D eigenvalue weighted by molar-refractivity contribution is -0.137. The molecule has 6 nitrogen and oxygen atoms in total. The predicted octanol–water partition coefficient (Wildman–Crippen LogP) is 0.0258. The van der Waals surface area contributed by atoms with Crippen LogP contribution in [0.2, 0.25) is 0 Å². The Morgan fingerprint density at radius 3 is 2.44 bits per heavy atom. The Labute approximate surface area is 95.8 Å². The van der Waals surface area contributed by atoms with Crippen molar-refractivity contribution >= 4 is 16.2 Å². The van der Waals surface area contributed by atoms with E-state index in [4.69, 9.17) is 5.11 Å². The van der Waals surface area contributed by atoms with Crippen LogP contribution in [-0.2, 0) is 15.0 Å². The van der Waals surface area contributed by atoms with Crippen LogP contribution in [0.4, 0.5) is 0 Å². The average Bonchev–Trinajstić information content (AvgIpc) is 2.94. The molecule has 0 bridgehead atoms. The summed E-state index contributed by atoms with van der Waals surface area (Å²) in [5.41, 5.74) is 0. The molecule has 1 aliphatic rings. The topological polar surface area (TPSA) is 86.7 Å². The number of carboxylic acid groups (broad SMARTS) is 1. The molecule has 0 aromatic carbocycles. The molecule has 94 valence electrons. The Morgan fingerprint density at radius 1 is 1.50 bits per heavy atom. The maximum absolute atomic E-state index is 11.8. The van der Waals surface area contributed by atoms with Gasteiger partial charge in [-0.25, -0.2) is 4.72 Å².